The van der Waals surface area contributed by atoms with E-state index in [1.807, 2.05) is 18.2 Å². The van der Waals surface area contributed by atoms with Crippen LogP contribution in [0.5, 0.6) is 0 Å². The lowest BCUT2D eigenvalue weighted by molar-refractivity contribution is -0.147. The number of esters is 1. The van der Waals surface area contributed by atoms with E-state index in [2.05, 4.69) is 4.98 Å². The summed E-state index contributed by atoms with van der Waals surface area (Å²) in [6.45, 7) is 1.20. The Morgan fingerprint density at radius 1 is 1.18 bits per heavy atom. The minimum Gasteiger partial charge on any atom is -0.462 e. The molecule has 2 fully saturated rings. The van der Waals surface area contributed by atoms with Gasteiger partial charge in [0.1, 0.15) is 6.10 Å². The van der Waals surface area contributed by atoms with Gasteiger partial charge in [0.2, 0.25) is 0 Å². The first kappa shape index (κ1) is 19.5. The number of ether oxygens (including phenoxy) is 2. The van der Waals surface area contributed by atoms with E-state index >= 15 is 0 Å². The minimum absolute atomic E-state index is 0.0224. The number of carbonyl (C=O) groups excluding carboxylic acids is 1. The SMILES string of the molecule is O=C(CSc1nc2ccccc2c(=O)n1C[C@H]1CCCO1)OC1CCCCC1. The van der Waals surface area contributed by atoms with E-state index in [9.17, 15) is 9.59 Å². The molecule has 0 bridgehead atoms. The molecule has 1 aromatic heterocycles. The van der Waals surface area contributed by atoms with Gasteiger partial charge in [-0.3, -0.25) is 14.2 Å². The Labute approximate surface area is 168 Å². The van der Waals surface area contributed by atoms with Crippen molar-refractivity contribution in [3.05, 3.63) is 34.6 Å². The van der Waals surface area contributed by atoms with Crippen LogP contribution in [0, 0.1) is 0 Å². The van der Waals surface area contributed by atoms with Crippen LogP contribution in [0.4, 0.5) is 0 Å². The van der Waals surface area contributed by atoms with Crippen LogP contribution in [0.3, 0.4) is 0 Å². The summed E-state index contributed by atoms with van der Waals surface area (Å²) in [4.78, 5) is 30.0. The third-order valence-corrected chi connectivity index (χ3v) is 6.36. The van der Waals surface area contributed by atoms with E-state index < -0.39 is 0 Å². The van der Waals surface area contributed by atoms with Crippen LogP contribution in [-0.4, -0.2) is 40.1 Å². The van der Waals surface area contributed by atoms with Crippen LogP contribution in [-0.2, 0) is 20.8 Å². The number of aromatic nitrogens is 2. The number of carbonyl (C=O) groups is 1. The van der Waals surface area contributed by atoms with E-state index in [0.29, 0.717) is 22.6 Å². The molecule has 0 spiro atoms. The maximum Gasteiger partial charge on any atom is 0.316 e. The lowest BCUT2D eigenvalue weighted by Gasteiger charge is -2.22. The monoisotopic (exact) mass is 402 g/mol. The van der Waals surface area contributed by atoms with E-state index in [-0.39, 0.29) is 29.5 Å². The van der Waals surface area contributed by atoms with Gasteiger partial charge in [0, 0.05) is 6.61 Å². The molecule has 1 saturated carbocycles. The second-order valence-electron chi connectivity index (χ2n) is 7.50. The molecule has 6 nitrogen and oxygen atoms in total. The molecule has 1 aliphatic carbocycles. The molecule has 0 unspecified atom stereocenters. The minimum atomic E-state index is -0.233. The van der Waals surface area contributed by atoms with Gasteiger partial charge in [0.15, 0.2) is 5.16 Å². The van der Waals surface area contributed by atoms with Crippen LogP contribution in [0.2, 0.25) is 0 Å². The van der Waals surface area contributed by atoms with Crippen molar-refractivity contribution in [2.45, 2.75) is 68.9 Å². The number of rotatable bonds is 6. The topological polar surface area (TPSA) is 70.4 Å². The summed E-state index contributed by atoms with van der Waals surface area (Å²) in [5.41, 5.74) is 0.573. The fourth-order valence-corrected chi connectivity index (χ4v) is 4.73. The molecule has 4 rings (SSSR count). The maximum atomic E-state index is 13.0. The van der Waals surface area contributed by atoms with Gasteiger partial charge in [-0.25, -0.2) is 4.98 Å². The Kier molecular flexibility index (Phi) is 6.32. The summed E-state index contributed by atoms with van der Waals surface area (Å²) in [5.74, 6) is -0.0738. The van der Waals surface area contributed by atoms with E-state index in [1.165, 1.54) is 18.2 Å². The summed E-state index contributed by atoms with van der Waals surface area (Å²) in [6, 6.07) is 7.33. The summed E-state index contributed by atoms with van der Waals surface area (Å²) in [6.07, 6.45) is 7.39. The molecule has 1 aromatic carbocycles. The lowest BCUT2D eigenvalue weighted by atomic mass is 9.98. The quantitative estimate of drug-likeness (QED) is 0.418. The number of para-hydroxylation sites is 1. The first-order valence-corrected chi connectivity index (χ1v) is 11.1. The normalized spacial score (nSPS) is 20.5. The molecule has 0 amide bonds. The number of benzene rings is 1. The third-order valence-electron chi connectivity index (χ3n) is 5.41. The summed E-state index contributed by atoms with van der Waals surface area (Å²) >= 11 is 1.28. The molecule has 2 heterocycles. The van der Waals surface area contributed by atoms with Crippen molar-refractivity contribution < 1.29 is 14.3 Å². The molecule has 1 atom stereocenters. The molecule has 7 heteroatoms. The van der Waals surface area contributed by atoms with Gasteiger partial charge in [-0.05, 0) is 50.7 Å². The van der Waals surface area contributed by atoms with Crippen molar-refractivity contribution in [1.82, 2.24) is 9.55 Å². The third kappa shape index (κ3) is 4.58. The predicted molar refractivity (Wildman–Crippen MR) is 109 cm³/mol. The second kappa shape index (κ2) is 9.09. The van der Waals surface area contributed by atoms with Crippen molar-refractivity contribution >= 4 is 28.6 Å². The zero-order chi connectivity index (χ0) is 19.3. The molecule has 2 aromatic rings. The molecule has 2 aliphatic rings. The average molecular weight is 403 g/mol. The Morgan fingerprint density at radius 2 is 2.00 bits per heavy atom. The van der Waals surface area contributed by atoms with Crippen LogP contribution >= 0.6 is 11.8 Å². The van der Waals surface area contributed by atoms with E-state index in [1.54, 1.807) is 10.6 Å². The Hall–Kier alpha value is -1.86. The van der Waals surface area contributed by atoms with Gasteiger partial charge in [-0.2, -0.15) is 0 Å². The number of hydrogen-bond acceptors (Lipinski definition) is 6. The highest BCUT2D eigenvalue weighted by molar-refractivity contribution is 7.99. The van der Waals surface area contributed by atoms with Crippen LogP contribution in [0.15, 0.2) is 34.2 Å². The highest BCUT2D eigenvalue weighted by Gasteiger charge is 2.22. The van der Waals surface area contributed by atoms with Crippen molar-refractivity contribution in [3.8, 4) is 0 Å². The summed E-state index contributed by atoms with van der Waals surface area (Å²) in [5, 5.41) is 1.15. The van der Waals surface area contributed by atoms with Crippen molar-refractivity contribution in [1.29, 1.82) is 0 Å². The number of fused-ring (bicyclic) bond motifs is 1. The highest BCUT2D eigenvalue weighted by Crippen LogP contribution is 2.23. The van der Waals surface area contributed by atoms with Gasteiger partial charge in [-0.15, -0.1) is 0 Å². The van der Waals surface area contributed by atoms with Crippen LogP contribution in [0.25, 0.3) is 10.9 Å². The van der Waals surface area contributed by atoms with Crippen molar-refractivity contribution in [2.75, 3.05) is 12.4 Å². The fourth-order valence-electron chi connectivity index (χ4n) is 3.94. The molecular weight excluding hydrogens is 376 g/mol. The summed E-state index contributed by atoms with van der Waals surface area (Å²) in [7, 11) is 0. The molecule has 28 heavy (non-hydrogen) atoms. The van der Waals surface area contributed by atoms with Gasteiger partial charge in [0.05, 0.1) is 29.3 Å². The van der Waals surface area contributed by atoms with Crippen molar-refractivity contribution in [2.24, 2.45) is 0 Å². The molecule has 1 saturated heterocycles. The van der Waals surface area contributed by atoms with Crippen LogP contribution < -0.4 is 5.56 Å². The molecular formula is C21H26N2O4S. The summed E-state index contributed by atoms with van der Waals surface area (Å²) < 4.78 is 13.0. The molecule has 0 radical (unpaired) electrons. The first-order chi connectivity index (χ1) is 13.7. The zero-order valence-corrected chi connectivity index (χ0v) is 16.8. The Morgan fingerprint density at radius 3 is 2.79 bits per heavy atom. The number of nitrogens with zero attached hydrogens (tertiary/aromatic N) is 2. The van der Waals surface area contributed by atoms with E-state index in [4.69, 9.17) is 9.47 Å². The number of thioether (sulfide) groups is 1. The van der Waals surface area contributed by atoms with Crippen molar-refractivity contribution in [3.63, 3.8) is 0 Å². The average Bonchev–Trinajstić information content (AvgIpc) is 3.23. The molecule has 150 valence electrons. The predicted octanol–water partition coefficient (Wildman–Crippen LogP) is 3.54. The zero-order valence-electron chi connectivity index (χ0n) is 16.0. The Bertz CT molecular complexity index is 886. The standard InChI is InChI=1S/C21H26N2O4S/c24-19(27-15-7-2-1-3-8-15)14-28-21-22-18-11-5-4-10-17(18)20(25)23(21)13-16-9-6-12-26-16/h4-5,10-11,15-16H,1-3,6-9,12-14H2/t16-/m1/s1. The fraction of sp³-hybridized carbons (Fsp3) is 0.571. The molecule has 0 N–H and O–H groups in total. The lowest BCUT2D eigenvalue weighted by Crippen LogP contribution is -2.29. The van der Waals surface area contributed by atoms with Gasteiger partial charge in [-0.1, -0.05) is 30.3 Å². The second-order valence-corrected chi connectivity index (χ2v) is 8.44. The van der Waals surface area contributed by atoms with E-state index in [0.717, 1.165) is 45.1 Å². The molecule has 1 aliphatic heterocycles. The van der Waals surface area contributed by atoms with Gasteiger partial charge < -0.3 is 9.47 Å². The smallest absolute Gasteiger partial charge is 0.316 e. The van der Waals surface area contributed by atoms with Gasteiger partial charge in [0.25, 0.3) is 5.56 Å². The Balaban J connectivity index is 1.52. The number of hydrogen-bond donors (Lipinski definition) is 0. The highest BCUT2D eigenvalue weighted by atomic mass is 32.2. The first-order valence-electron chi connectivity index (χ1n) is 10.1. The maximum absolute atomic E-state index is 13.0. The van der Waals surface area contributed by atoms with Crippen LogP contribution in [0.1, 0.15) is 44.9 Å². The largest absolute Gasteiger partial charge is 0.462 e. The van der Waals surface area contributed by atoms with Gasteiger partial charge >= 0.3 is 5.97 Å².